The van der Waals surface area contributed by atoms with Gasteiger partial charge in [-0.1, -0.05) is 19.4 Å². The molecule has 0 heterocycles. The second kappa shape index (κ2) is 5.88. The van der Waals surface area contributed by atoms with Crippen molar-refractivity contribution in [2.45, 2.75) is 13.8 Å². The van der Waals surface area contributed by atoms with Crippen LogP contribution in [0, 0.1) is 0 Å². The number of rotatable bonds is 4. The Morgan fingerprint density at radius 3 is 1.86 bits per heavy atom. The van der Waals surface area contributed by atoms with Crippen molar-refractivity contribution in [3.63, 3.8) is 0 Å². The molecule has 0 saturated carbocycles. The Balaban J connectivity index is 2.45. The lowest BCUT2D eigenvalue weighted by Gasteiger charge is -1.97. The average molecular weight is 102 g/mol. The maximum atomic E-state index is 3.71. The van der Waals surface area contributed by atoms with Crippen molar-refractivity contribution in [3.8, 4) is 0 Å². The summed E-state index contributed by atoms with van der Waals surface area (Å²) in [7, 11) is 0. The standard InChI is InChI=1S/C4H12N3/c1-3-5-7-6-4-2/h5-6H,3-4H2,1-2H3. The molecule has 0 fully saturated rings. The van der Waals surface area contributed by atoms with E-state index in [1.165, 1.54) is 0 Å². The molecule has 0 aromatic heterocycles. The molecule has 0 bridgehead atoms. The van der Waals surface area contributed by atoms with Crippen LogP contribution in [0.25, 0.3) is 0 Å². The van der Waals surface area contributed by atoms with E-state index < -0.39 is 0 Å². The van der Waals surface area contributed by atoms with E-state index >= 15 is 0 Å². The predicted octanol–water partition coefficient (Wildman–Crippen LogP) is -0.360. The fraction of sp³-hybridized carbons (Fsp3) is 1.00. The lowest BCUT2D eigenvalue weighted by atomic mass is 10.8. The molecule has 1 radical (unpaired) electrons. The zero-order valence-corrected chi connectivity index (χ0v) is 4.86. The van der Waals surface area contributed by atoms with Crippen LogP contribution in [0.15, 0.2) is 0 Å². The summed E-state index contributed by atoms with van der Waals surface area (Å²) >= 11 is 0. The van der Waals surface area contributed by atoms with Gasteiger partial charge in [0.05, 0.1) is 0 Å². The van der Waals surface area contributed by atoms with E-state index in [0.717, 1.165) is 13.1 Å². The molecule has 0 saturated heterocycles. The Labute approximate surface area is 44.4 Å². The van der Waals surface area contributed by atoms with Crippen LogP contribution < -0.4 is 16.4 Å². The van der Waals surface area contributed by atoms with Crippen LogP contribution in [0.1, 0.15) is 13.8 Å². The molecule has 0 atom stereocenters. The van der Waals surface area contributed by atoms with Crippen LogP contribution in [-0.2, 0) is 0 Å². The van der Waals surface area contributed by atoms with Gasteiger partial charge in [0.2, 0.25) is 0 Å². The number of hydrogen-bond acceptors (Lipinski definition) is 2. The summed E-state index contributed by atoms with van der Waals surface area (Å²) in [4.78, 5) is 0. The van der Waals surface area contributed by atoms with E-state index in [9.17, 15) is 0 Å². The molecule has 0 unspecified atom stereocenters. The van der Waals surface area contributed by atoms with Crippen LogP contribution in [0.4, 0.5) is 0 Å². The molecule has 3 nitrogen and oxygen atoms in total. The summed E-state index contributed by atoms with van der Waals surface area (Å²) in [5.41, 5.74) is 9.23. The largest absolute Gasteiger partial charge is 0.225 e. The fourth-order valence-corrected chi connectivity index (χ4v) is 0.214. The van der Waals surface area contributed by atoms with Crippen LogP contribution in [0.5, 0.6) is 0 Å². The molecule has 7 heavy (non-hydrogen) atoms. The van der Waals surface area contributed by atoms with Gasteiger partial charge in [-0.3, -0.25) is 0 Å². The van der Waals surface area contributed by atoms with E-state index in [2.05, 4.69) is 16.4 Å². The van der Waals surface area contributed by atoms with E-state index in [1.807, 2.05) is 13.8 Å². The predicted molar refractivity (Wildman–Crippen MR) is 29.5 cm³/mol. The maximum Gasteiger partial charge on any atom is 0.0102 e. The first-order valence-corrected chi connectivity index (χ1v) is 2.57. The Hall–Kier alpha value is -0.120. The molecule has 0 aliphatic carbocycles. The molecule has 0 amide bonds. The summed E-state index contributed by atoms with van der Waals surface area (Å²) < 4.78 is 0. The van der Waals surface area contributed by atoms with Crippen molar-refractivity contribution < 1.29 is 0 Å². The minimum absolute atomic E-state index is 0.882. The van der Waals surface area contributed by atoms with Crippen LogP contribution in [0.3, 0.4) is 0 Å². The number of hydrogen-bond donors (Lipinski definition) is 2. The Morgan fingerprint density at radius 1 is 1.14 bits per heavy atom. The molecule has 0 rings (SSSR count). The number of nitrogens with zero attached hydrogens (tertiary/aromatic N) is 1. The molecular formula is C4H12N3. The second-order valence-electron chi connectivity index (χ2n) is 1.14. The van der Waals surface area contributed by atoms with Crippen LogP contribution >= 0.6 is 0 Å². The van der Waals surface area contributed by atoms with Gasteiger partial charge in [-0.25, -0.2) is 10.9 Å². The highest BCUT2D eigenvalue weighted by Gasteiger charge is 1.74. The first-order chi connectivity index (χ1) is 3.41. The van der Waals surface area contributed by atoms with Gasteiger partial charge >= 0.3 is 0 Å². The van der Waals surface area contributed by atoms with Gasteiger partial charge in [0.15, 0.2) is 0 Å². The first kappa shape index (κ1) is 6.88. The summed E-state index contributed by atoms with van der Waals surface area (Å²) in [6.07, 6.45) is 0. The minimum atomic E-state index is 0.882. The highest BCUT2D eigenvalue weighted by atomic mass is 15.6. The summed E-state index contributed by atoms with van der Waals surface area (Å²) in [5, 5.41) is 0. The lowest BCUT2D eigenvalue weighted by molar-refractivity contribution is 0.443. The van der Waals surface area contributed by atoms with Crippen molar-refractivity contribution >= 4 is 0 Å². The van der Waals surface area contributed by atoms with Crippen LogP contribution in [-0.4, -0.2) is 13.1 Å². The topological polar surface area (TPSA) is 38.2 Å². The third kappa shape index (κ3) is 5.88. The Morgan fingerprint density at radius 2 is 1.57 bits per heavy atom. The molecule has 0 aliphatic rings. The Bertz CT molecular complexity index is 26.1. The third-order valence-electron chi connectivity index (χ3n) is 0.474. The van der Waals surface area contributed by atoms with E-state index in [0.29, 0.717) is 0 Å². The van der Waals surface area contributed by atoms with Gasteiger partial charge in [-0.05, 0) is 0 Å². The van der Waals surface area contributed by atoms with Gasteiger partial charge in [-0.15, -0.1) is 0 Å². The highest BCUT2D eigenvalue weighted by molar-refractivity contribution is 4.24. The van der Waals surface area contributed by atoms with Crippen molar-refractivity contribution in [1.29, 1.82) is 0 Å². The molecule has 43 valence electrons. The van der Waals surface area contributed by atoms with Crippen molar-refractivity contribution in [3.05, 3.63) is 0 Å². The highest BCUT2D eigenvalue weighted by Crippen LogP contribution is 1.45. The quantitative estimate of drug-likeness (QED) is 0.376. The van der Waals surface area contributed by atoms with Crippen LogP contribution in [0.2, 0.25) is 0 Å². The molecule has 0 spiro atoms. The van der Waals surface area contributed by atoms with Gasteiger partial charge in [0.1, 0.15) is 0 Å². The monoisotopic (exact) mass is 102 g/mol. The third-order valence-corrected chi connectivity index (χ3v) is 0.474. The molecule has 2 N–H and O–H groups in total. The number of nitrogens with one attached hydrogen (secondary N) is 2. The Kier molecular flexibility index (Phi) is 5.78. The van der Waals surface area contributed by atoms with E-state index in [1.54, 1.807) is 0 Å². The van der Waals surface area contributed by atoms with Crippen molar-refractivity contribution in [2.24, 2.45) is 0 Å². The minimum Gasteiger partial charge on any atom is -0.225 e. The molecule has 0 aromatic rings. The molecule has 3 heteroatoms. The maximum absolute atomic E-state index is 3.71. The van der Waals surface area contributed by atoms with Gasteiger partial charge < -0.3 is 0 Å². The van der Waals surface area contributed by atoms with Crippen molar-refractivity contribution in [2.75, 3.05) is 13.1 Å². The second-order valence-corrected chi connectivity index (χ2v) is 1.14. The molecular weight excluding hydrogens is 90.1 g/mol. The van der Waals surface area contributed by atoms with E-state index in [4.69, 9.17) is 0 Å². The van der Waals surface area contributed by atoms with E-state index in [-0.39, 0.29) is 0 Å². The smallest absolute Gasteiger partial charge is 0.0102 e. The summed E-state index contributed by atoms with van der Waals surface area (Å²) in [5.74, 6) is 0. The summed E-state index contributed by atoms with van der Waals surface area (Å²) in [6, 6.07) is 0. The summed E-state index contributed by atoms with van der Waals surface area (Å²) in [6.45, 7) is 5.77. The first-order valence-electron chi connectivity index (χ1n) is 2.57. The van der Waals surface area contributed by atoms with Crippen molar-refractivity contribution in [1.82, 2.24) is 16.4 Å². The van der Waals surface area contributed by atoms with Gasteiger partial charge in [-0.2, -0.15) is 0 Å². The normalized spacial score (nSPS) is 9.43. The van der Waals surface area contributed by atoms with Gasteiger partial charge in [0, 0.05) is 13.1 Å². The SMILES string of the molecule is CCN[N]NCC. The molecule has 0 aliphatic heterocycles. The lowest BCUT2D eigenvalue weighted by Crippen LogP contribution is -2.35. The van der Waals surface area contributed by atoms with Gasteiger partial charge in [0.25, 0.3) is 0 Å². The zero-order chi connectivity index (χ0) is 5.54. The molecule has 0 aromatic carbocycles. The average Bonchev–Trinajstić information content (AvgIpc) is 1.69. The zero-order valence-electron chi connectivity index (χ0n) is 4.86. The fourth-order valence-electron chi connectivity index (χ4n) is 0.214.